The number of fused-ring (bicyclic) bond motifs is 1. The number of aromatic hydroxyl groups is 1. The summed E-state index contributed by atoms with van der Waals surface area (Å²) in [5.41, 5.74) is 2.21. The predicted octanol–water partition coefficient (Wildman–Crippen LogP) is 3.99. The highest BCUT2D eigenvalue weighted by Gasteiger charge is 2.36. The number of anilines is 2. The molecule has 0 fully saturated rings. The highest BCUT2D eigenvalue weighted by molar-refractivity contribution is 6.16. The van der Waals surface area contributed by atoms with Gasteiger partial charge in [0.25, 0.3) is 11.8 Å². The number of phenolic OH excluding ortho intramolecular Hbond substituents is 1. The van der Waals surface area contributed by atoms with E-state index in [2.05, 4.69) is 10.4 Å². The molecule has 9 heteroatoms. The van der Waals surface area contributed by atoms with Crippen LogP contribution in [0.4, 0.5) is 11.4 Å². The fourth-order valence-electron chi connectivity index (χ4n) is 4.36. The standard InChI is InChI=1S/C28H21N5O4/c1-17-16-32-25(23(15-30-32)27(36)31-21-9-12-24(34)20(13-21)14-29)28(37)33(17)22-10-7-19(8-11-22)26(35)18-5-3-2-4-6-18/h2-13,15,17,34H,16H2,1H3,(H,31,36). The van der Waals surface area contributed by atoms with Crippen LogP contribution in [0.1, 0.15) is 49.3 Å². The van der Waals surface area contributed by atoms with E-state index in [0.29, 0.717) is 29.0 Å². The van der Waals surface area contributed by atoms with Gasteiger partial charge in [0.2, 0.25) is 0 Å². The Kier molecular flexibility index (Phi) is 5.99. The summed E-state index contributed by atoms with van der Waals surface area (Å²) in [5.74, 6) is -1.27. The largest absolute Gasteiger partial charge is 0.507 e. The number of amides is 2. The smallest absolute Gasteiger partial charge is 0.277 e. The number of aromatic nitrogens is 2. The minimum atomic E-state index is -0.567. The number of hydrogen-bond acceptors (Lipinski definition) is 6. The maximum Gasteiger partial charge on any atom is 0.277 e. The third kappa shape index (κ3) is 4.32. The zero-order valence-corrected chi connectivity index (χ0v) is 19.8. The van der Waals surface area contributed by atoms with Gasteiger partial charge < -0.3 is 15.3 Å². The molecule has 1 aliphatic heterocycles. The lowest BCUT2D eigenvalue weighted by atomic mass is 10.0. The van der Waals surface area contributed by atoms with Gasteiger partial charge >= 0.3 is 0 Å². The normalized spacial score (nSPS) is 14.5. The number of phenols is 1. The molecule has 0 saturated heterocycles. The quantitative estimate of drug-likeness (QED) is 0.321. The zero-order valence-electron chi connectivity index (χ0n) is 19.8. The summed E-state index contributed by atoms with van der Waals surface area (Å²) in [6, 6.07) is 21.5. The Balaban J connectivity index is 1.40. The average Bonchev–Trinajstić information content (AvgIpc) is 3.34. The number of carbonyl (C=O) groups excluding carboxylic acids is 3. The number of nitrogens with zero attached hydrogens (tertiary/aromatic N) is 4. The molecule has 1 atom stereocenters. The van der Waals surface area contributed by atoms with Crippen molar-refractivity contribution in [2.45, 2.75) is 19.5 Å². The molecule has 37 heavy (non-hydrogen) atoms. The van der Waals surface area contributed by atoms with Crippen LogP contribution in [0.25, 0.3) is 0 Å². The second-order valence-corrected chi connectivity index (χ2v) is 8.65. The fraction of sp³-hybridized carbons (Fsp3) is 0.107. The number of carbonyl (C=O) groups is 3. The summed E-state index contributed by atoms with van der Waals surface area (Å²) in [7, 11) is 0. The first-order chi connectivity index (χ1) is 17.9. The van der Waals surface area contributed by atoms with Crippen LogP contribution in [-0.2, 0) is 6.54 Å². The lowest BCUT2D eigenvalue weighted by molar-refractivity contribution is 0.0933. The van der Waals surface area contributed by atoms with E-state index in [-0.39, 0.29) is 34.4 Å². The van der Waals surface area contributed by atoms with E-state index in [1.165, 1.54) is 29.1 Å². The molecule has 2 amide bonds. The Labute approximate surface area is 212 Å². The SMILES string of the molecule is CC1Cn2ncc(C(=O)Nc3ccc(O)c(C#N)c3)c2C(=O)N1c1ccc(C(=O)c2ccccc2)cc1. The maximum atomic E-state index is 13.6. The summed E-state index contributed by atoms with van der Waals surface area (Å²) in [5, 5.41) is 25.7. The molecule has 5 rings (SSSR count). The number of nitrogens with one attached hydrogen (secondary N) is 1. The Morgan fingerprint density at radius 3 is 2.46 bits per heavy atom. The van der Waals surface area contributed by atoms with Gasteiger partial charge in [-0.25, -0.2) is 0 Å². The van der Waals surface area contributed by atoms with Gasteiger partial charge in [-0.2, -0.15) is 10.4 Å². The summed E-state index contributed by atoms with van der Waals surface area (Å²) < 4.78 is 1.50. The molecule has 2 heterocycles. The molecule has 0 spiro atoms. The highest BCUT2D eigenvalue weighted by atomic mass is 16.3. The Hall–Kier alpha value is -5.23. The highest BCUT2D eigenvalue weighted by Crippen LogP contribution is 2.28. The molecule has 1 aromatic heterocycles. The Morgan fingerprint density at radius 1 is 1.05 bits per heavy atom. The second-order valence-electron chi connectivity index (χ2n) is 8.65. The van der Waals surface area contributed by atoms with Gasteiger partial charge in [0, 0.05) is 22.5 Å². The van der Waals surface area contributed by atoms with Crippen molar-refractivity contribution >= 4 is 29.0 Å². The van der Waals surface area contributed by atoms with Gasteiger partial charge in [-0.3, -0.25) is 19.1 Å². The van der Waals surface area contributed by atoms with Crippen molar-refractivity contribution in [1.29, 1.82) is 5.26 Å². The third-order valence-corrected chi connectivity index (χ3v) is 6.20. The molecule has 3 aromatic carbocycles. The van der Waals surface area contributed by atoms with Crippen LogP contribution in [-0.4, -0.2) is 38.5 Å². The molecule has 9 nitrogen and oxygen atoms in total. The molecule has 1 unspecified atom stereocenters. The fourth-order valence-corrected chi connectivity index (χ4v) is 4.36. The molecule has 2 N–H and O–H groups in total. The first-order valence-corrected chi connectivity index (χ1v) is 11.5. The van der Waals surface area contributed by atoms with E-state index in [4.69, 9.17) is 5.26 Å². The van der Waals surface area contributed by atoms with E-state index in [0.717, 1.165) is 0 Å². The van der Waals surface area contributed by atoms with E-state index < -0.39 is 11.8 Å². The topological polar surface area (TPSA) is 128 Å². The van der Waals surface area contributed by atoms with Crippen molar-refractivity contribution in [2.24, 2.45) is 0 Å². The maximum absolute atomic E-state index is 13.6. The second kappa shape index (κ2) is 9.43. The Bertz CT molecular complexity index is 1570. The van der Waals surface area contributed by atoms with Crippen LogP contribution in [0.5, 0.6) is 5.75 Å². The number of ketones is 1. The van der Waals surface area contributed by atoms with E-state index in [1.807, 2.05) is 19.1 Å². The van der Waals surface area contributed by atoms with Crippen molar-refractivity contribution in [3.63, 3.8) is 0 Å². The summed E-state index contributed by atoms with van der Waals surface area (Å²) in [6.45, 7) is 2.25. The van der Waals surface area contributed by atoms with Gasteiger partial charge in [-0.15, -0.1) is 0 Å². The van der Waals surface area contributed by atoms with Crippen LogP contribution in [0, 0.1) is 11.3 Å². The molecule has 182 valence electrons. The van der Waals surface area contributed by atoms with Gasteiger partial charge in [0.15, 0.2) is 5.78 Å². The van der Waals surface area contributed by atoms with Crippen molar-refractivity contribution in [2.75, 3.05) is 10.2 Å². The average molecular weight is 492 g/mol. The predicted molar refractivity (Wildman–Crippen MR) is 136 cm³/mol. The summed E-state index contributed by atoms with van der Waals surface area (Å²) in [6.07, 6.45) is 1.34. The van der Waals surface area contributed by atoms with Crippen LogP contribution < -0.4 is 10.2 Å². The minimum Gasteiger partial charge on any atom is -0.507 e. The van der Waals surface area contributed by atoms with Crippen molar-refractivity contribution in [3.05, 3.63) is 107 Å². The van der Waals surface area contributed by atoms with Crippen LogP contribution in [0.3, 0.4) is 0 Å². The minimum absolute atomic E-state index is 0.0140. The molecule has 0 aliphatic carbocycles. The van der Waals surface area contributed by atoms with Gasteiger partial charge in [-0.1, -0.05) is 30.3 Å². The summed E-state index contributed by atoms with van der Waals surface area (Å²) in [4.78, 5) is 41.0. The van der Waals surface area contributed by atoms with Gasteiger partial charge in [0.1, 0.15) is 17.5 Å². The lowest BCUT2D eigenvalue weighted by Crippen LogP contribution is -2.47. The molecular formula is C28H21N5O4. The van der Waals surface area contributed by atoms with E-state index in [9.17, 15) is 19.5 Å². The molecule has 0 bridgehead atoms. The number of nitriles is 1. The molecular weight excluding hydrogens is 470 g/mol. The first-order valence-electron chi connectivity index (χ1n) is 11.5. The van der Waals surface area contributed by atoms with Crippen LogP contribution in [0.2, 0.25) is 0 Å². The zero-order chi connectivity index (χ0) is 26.1. The van der Waals surface area contributed by atoms with Crippen molar-refractivity contribution < 1.29 is 19.5 Å². The van der Waals surface area contributed by atoms with Crippen LogP contribution in [0.15, 0.2) is 79.0 Å². The molecule has 0 saturated carbocycles. The van der Waals surface area contributed by atoms with Crippen LogP contribution >= 0.6 is 0 Å². The summed E-state index contributed by atoms with van der Waals surface area (Å²) >= 11 is 0. The Morgan fingerprint density at radius 2 is 1.76 bits per heavy atom. The molecule has 1 aliphatic rings. The van der Waals surface area contributed by atoms with Crippen molar-refractivity contribution in [3.8, 4) is 11.8 Å². The third-order valence-electron chi connectivity index (χ3n) is 6.20. The van der Waals surface area contributed by atoms with E-state index >= 15 is 0 Å². The van der Waals surface area contributed by atoms with Gasteiger partial charge in [-0.05, 0) is 49.4 Å². The molecule has 4 aromatic rings. The number of benzene rings is 3. The van der Waals surface area contributed by atoms with E-state index in [1.54, 1.807) is 53.4 Å². The monoisotopic (exact) mass is 491 g/mol. The number of rotatable bonds is 5. The van der Waals surface area contributed by atoms with Crippen molar-refractivity contribution in [1.82, 2.24) is 9.78 Å². The lowest BCUT2D eigenvalue weighted by Gasteiger charge is -2.34. The molecule has 0 radical (unpaired) electrons. The number of hydrogen-bond donors (Lipinski definition) is 2. The van der Waals surface area contributed by atoms with Gasteiger partial charge in [0.05, 0.1) is 29.9 Å². The first kappa shape index (κ1) is 23.5.